The molecule has 0 aromatic heterocycles. The Balaban J connectivity index is 2.51. The highest BCUT2D eigenvalue weighted by molar-refractivity contribution is 5.76. The highest BCUT2D eigenvalue weighted by atomic mass is 16.3. The minimum atomic E-state index is 0.183. The Morgan fingerprint density at radius 2 is 2.29 bits per heavy atom. The second-order valence-corrected chi connectivity index (χ2v) is 3.91. The Hall–Kier alpha value is -0.610. The Kier molecular flexibility index (Phi) is 4.35. The summed E-state index contributed by atoms with van der Waals surface area (Å²) in [5, 5.41) is 12.8. The largest absolute Gasteiger partial charge is 0.396 e. The van der Waals surface area contributed by atoms with Crippen LogP contribution < -0.4 is 0 Å². The van der Waals surface area contributed by atoms with Crippen molar-refractivity contribution in [3.05, 3.63) is 0 Å². The second kappa shape index (κ2) is 5.32. The molecular weight excluding hydrogens is 180 g/mol. The Morgan fingerprint density at radius 3 is 2.86 bits per heavy atom. The topological polar surface area (TPSA) is 43.8 Å². The van der Waals surface area contributed by atoms with Crippen LogP contribution in [0.1, 0.15) is 26.7 Å². The van der Waals surface area contributed by atoms with E-state index in [0.717, 1.165) is 26.1 Å². The molecule has 1 aliphatic heterocycles. The van der Waals surface area contributed by atoms with Gasteiger partial charge in [0.05, 0.1) is 0 Å². The van der Waals surface area contributed by atoms with Crippen molar-refractivity contribution < 1.29 is 9.90 Å². The van der Waals surface area contributed by atoms with Gasteiger partial charge in [0.2, 0.25) is 5.91 Å². The van der Waals surface area contributed by atoms with Crippen LogP contribution in [0.5, 0.6) is 0 Å². The lowest BCUT2D eigenvalue weighted by atomic mass is 10.1. The van der Waals surface area contributed by atoms with Crippen LogP contribution in [0.25, 0.3) is 0 Å². The molecule has 1 atom stereocenters. The molecule has 0 saturated carbocycles. The number of hydrogen-bond donors (Lipinski definition) is 1. The molecule has 0 aromatic carbocycles. The van der Waals surface area contributed by atoms with E-state index in [4.69, 9.17) is 5.11 Å². The van der Waals surface area contributed by atoms with Crippen molar-refractivity contribution >= 4 is 5.91 Å². The number of hydrogen-bond acceptors (Lipinski definition) is 3. The van der Waals surface area contributed by atoms with Gasteiger partial charge in [-0.2, -0.15) is 0 Å². The van der Waals surface area contributed by atoms with E-state index in [2.05, 4.69) is 5.01 Å². The Labute approximate surface area is 85.5 Å². The fourth-order valence-corrected chi connectivity index (χ4v) is 1.80. The van der Waals surface area contributed by atoms with Gasteiger partial charge < -0.3 is 5.11 Å². The fraction of sp³-hybridized carbons (Fsp3) is 0.900. The van der Waals surface area contributed by atoms with Gasteiger partial charge in [-0.3, -0.25) is 9.80 Å². The summed E-state index contributed by atoms with van der Waals surface area (Å²) in [5.74, 6) is 0.443. The number of aliphatic hydroxyl groups excluding tert-OH is 1. The minimum Gasteiger partial charge on any atom is -0.396 e. The maximum Gasteiger partial charge on any atom is 0.236 e. The molecule has 0 aromatic rings. The summed E-state index contributed by atoms with van der Waals surface area (Å²) in [6.45, 7) is 6.60. The molecule has 4 nitrogen and oxygen atoms in total. The summed E-state index contributed by atoms with van der Waals surface area (Å²) in [6.07, 6.45) is 1.60. The first-order valence-corrected chi connectivity index (χ1v) is 5.35. The van der Waals surface area contributed by atoms with E-state index in [1.54, 1.807) is 5.01 Å². The van der Waals surface area contributed by atoms with Crippen LogP contribution in [-0.2, 0) is 4.79 Å². The molecule has 1 aliphatic rings. The summed E-state index contributed by atoms with van der Waals surface area (Å²) in [5.41, 5.74) is 0. The summed E-state index contributed by atoms with van der Waals surface area (Å²) >= 11 is 0. The van der Waals surface area contributed by atoms with Crippen LogP contribution in [0.3, 0.4) is 0 Å². The van der Waals surface area contributed by atoms with E-state index in [0.29, 0.717) is 6.42 Å². The third kappa shape index (κ3) is 2.69. The van der Waals surface area contributed by atoms with Crippen molar-refractivity contribution in [2.24, 2.45) is 5.92 Å². The van der Waals surface area contributed by atoms with E-state index in [9.17, 15) is 4.79 Å². The van der Waals surface area contributed by atoms with Crippen LogP contribution >= 0.6 is 0 Å². The van der Waals surface area contributed by atoms with Gasteiger partial charge in [0, 0.05) is 32.7 Å². The van der Waals surface area contributed by atoms with Gasteiger partial charge in [-0.05, 0) is 19.3 Å². The number of aliphatic hydroxyl groups is 1. The molecule has 1 N–H and O–H groups in total. The summed E-state index contributed by atoms with van der Waals surface area (Å²) in [4.78, 5) is 11.5. The van der Waals surface area contributed by atoms with Gasteiger partial charge in [0.25, 0.3) is 0 Å². The van der Waals surface area contributed by atoms with Crippen LogP contribution in [0.15, 0.2) is 0 Å². The third-order valence-corrected chi connectivity index (χ3v) is 2.57. The Morgan fingerprint density at radius 1 is 1.57 bits per heavy atom. The summed E-state index contributed by atoms with van der Waals surface area (Å²) in [6, 6.07) is 0. The number of carbonyl (C=O) groups excluding carboxylic acids is 1. The normalized spacial score (nSPS) is 21.4. The van der Waals surface area contributed by atoms with Gasteiger partial charge in [0.1, 0.15) is 0 Å². The number of nitrogens with zero attached hydrogens (tertiary/aromatic N) is 2. The molecule has 0 radical (unpaired) electrons. The molecule has 0 spiro atoms. The van der Waals surface area contributed by atoms with Crippen LogP contribution in [0.2, 0.25) is 0 Å². The van der Waals surface area contributed by atoms with E-state index in [1.165, 1.54) is 0 Å². The minimum absolute atomic E-state index is 0.183. The van der Waals surface area contributed by atoms with Gasteiger partial charge in [-0.25, -0.2) is 5.01 Å². The number of hydrazine groups is 1. The van der Waals surface area contributed by atoms with Gasteiger partial charge in [0.15, 0.2) is 0 Å². The van der Waals surface area contributed by atoms with E-state index >= 15 is 0 Å². The molecule has 1 fully saturated rings. The first-order chi connectivity index (χ1) is 6.69. The van der Waals surface area contributed by atoms with Crippen molar-refractivity contribution in [2.75, 3.05) is 26.2 Å². The Bertz CT molecular complexity index is 197. The molecular formula is C10H20N2O2. The molecule has 1 saturated heterocycles. The maximum absolute atomic E-state index is 11.5. The lowest BCUT2D eigenvalue weighted by Crippen LogP contribution is -2.51. The van der Waals surface area contributed by atoms with Crippen molar-refractivity contribution in [1.29, 1.82) is 0 Å². The quantitative estimate of drug-likeness (QED) is 0.717. The zero-order valence-electron chi connectivity index (χ0n) is 9.07. The first-order valence-electron chi connectivity index (χ1n) is 5.35. The lowest BCUT2D eigenvalue weighted by Gasteiger charge is -2.39. The third-order valence-electron chi connectivity index (χ3n) is 2.57. The monoisotopic (exact) mass is 200 g/mol. The highest BCUT2D eigenvalue weighted by Crippen LogP contribution is 2.13. The van der Waals surface area contributed by atoms with Crippen molar-refractivity contribution in [3.63, 3.8) is 0 Å². The fourth-order valence-electron chi connectivity index (χ4n) is 1.80. The van der Waals surface area contributed by atoms with Crippen molar-refractivity contribution in [3.8, 4) is 0 Å². The van der Waals surface area contributed by atoms with E-state index in [1.807, 2.05) is 13.8 Å². The number of carbonyl (C=O) groups is 1. The van der Waals surface area contributed by atoms with Crippen molar-refractivity contribution in [1.82, 2.24) is 10.0 Å². The van der Waals surface area contributed by atoms with Gasteiger partial charge in [-0.15, -0.1) is 0 Å². The molecule has 1 rings (SSSR count). The molecule has 0 aliphatic carbocycles. The van der Waals surface area contributed by atoms with Gasteiger partial charge in [-0.1, -0.05) is 6.92 Å². The SMILES string of the molecule is CCN1C(=O)CCCN1CC(C)CO. The average molecular weight is 200 g/mol. The van der Waals surface area contributed by atoms with E-state index < -0.39 is 0 Å². The second-order valence-electron chi connectivity index (χ2n) is 3.91. The highest BCUT2D eigenvalue weighted by Gasteiger charge is 2.25. The maximum atomic E-state index is 11.5. The smallest absolute Gasteiger partial charge is 0.236 e. The molecule has 4 heteroatoms. The number of amides is 1. The predicted molar refractivity (Wildman–Crippen MR) is 54.4 cm³/mol. The molecule has 1 amide bonds. The average Bonchev–Trinajstić information content (AvgIpc) is 2.18. The molecule has 1 unspecified atom stereocenters. The van der Waals surface area contributed by atoms with Crippen LogP contribution in [0.4, 0.5) is 0 Å². The lowest BCUT2D eigenvalue weighted by molar-refractivity contribution is -0.156. The summed E-state index contributed by atoms with van der Waals surface area (Å²) in [7, 11) is 0. The zero-order chi connectivity index (χ0) is 10.6. The van der Waals surface area contributed by atoms with Crippen molar-refractivity contribution in [2.45, 2.75) is 26.7 Å². The van der Waals surface area contributed by atoms with Gasteiger partial charge >= 0.3 is 0 Å². The van der Waals surface area contributed by atoms with Crippen LogP contribution in [-0.4, -0.2) is 47.3 Å². The predicted octanol–water partition coefficient (Wildman–Crippen LogP) is 0.474. The standard InChI is InChI=1S/C10H20N2O2/c1-3-12-10(14)5-4-6-11(12)7-9(2)8-13/h9,13H,3-8H2,1-2H3. The molecule has 82 valence electrons. The van der Waals surface area contributed by atoms with E-state index in [-0.39, 0.29) is 18.4 Å². The first kappa shape index (κ1) is 11.5. The van der Waals surface area contributed by atoms with Crippen LogP contribution in [0, 0.1) is 5.92 Å². The molecule has 0 bridgehead atoms. The zero-order valence-corrected chi connectivity index (χ0v) is 9.07. The molecule has 1 heterocycles. The number of rotatable bonds is 4. The summed E-state index contributed by atoms with van der Waals surface area (Å²) < 4.78 is 0. The molecule has 14 heavy (non-hydrogen) atoms.